The van der Waals surface area contributed by atoms with Crippen molar-refractivity contribution < 1.29 is 22.3 Å². The highest BCUT2D eigenvalue weighted by Crippen LogP contribution is 2.43. The van der Waals surface area contributed by atoms with Crippen LogP contribution in [-0.4, -0.2) is 29.5 Å². The lowest BCUT2D eigenvalue weighted by molar-refractivity contribution is -0.381. The van der Waals surface area contributed by atoms with Crippen LogP contribution in [0.5, 0.6) is 0 Å². The molecule has 0 N–H and O–H groups in total. The van der Waals surface area contributed by atoms with Crippen molar-refractivity contribution in [2.45, 2.75) is 31.5 Å². The van der Waals surface area contributed by atoms with Crippen molar-refractivity contribution in [3.8, 4) is 0 Å². The Balaban J connectivity index is 1.76. The number of allylic oxidation sites excluding steroid dienone is 3. The van der Waals surface area contributed by atoms with Gasteiger partial charge in [0, 0.05) is 36.5 Å². The molecule has 4 rings (SSSR count). The summed E-state index contributed by atoms with van der Waals surface area (Å²) in [7, 11) is 0. The van der Waals surface area contributed by atoms with Gasteiger partial charge < -0.3 is 0 Å². The molecular weight excluding hydrogens is 408 g/mol. The van der Waals surface area contributed by atoms with E-state index >= 15 is 4.39 Å². The fourth-order valence-corrected chi connectivity index (χ4v) is 3.79. The number of nitrogens with zero attached hydrogens (tertiary/aromatic N) is 2. The zero-order chi connectivity index (χ0) is 21.9. The van der Waals surface area contributed by atoms with Gasteiger partial charge in [0.05, 0.1) is 5.71 Å². The molecule has 7 heteroatoms. The lowest BCUT2D eigenvalue weighted by Crippen LogP contribution is -2.37. The summed E-state index contributed by atoms with van der Waals surface area (Å²) in [6.45, 7) is 0.596. The zero-order valence-electron chi connectivity index (χ0n) is 16.6. The van der Waals surface area contributed by atoms with Crippen molar-refractivity contribution in [3.63, 3.8) is 0 Å². The Hall–Kier alpha value is -3.06. The lowest BCUT2D eigenvalue weighted by atomic mass is 9.86. The average Bonchev–Trinajstić information content (AvgIpc) is 2.75. The van der Waals surface area contributed by atoms with Crippen LogP contribution >= 0.6 is 0 Å². The second-order valence-corrected chi connectivity index (χ2v) is 7.38. The number of pyridine rings is 1. The number of aromatic nitrogens is 1. The van der Waals surface area contributed by atoms with Gasteiger partial charge in [-0.3, -0.25) is 9.98 Å². The summed E-state index contributed by atoms with van der Waals surface area (Å²) >= 11 is 0. The fourth-order valence-electron chi connectivity index (χ4n) is 3.79. The maximum Gasteiger partial charge on any atom is 0.525 e. The molecule has 1 unspecified atom stereocenters. The van der Waals surface area contributed by atoms with Crippen LogP contribution in [-0.2, 0) is 4.74 Å². The second kappa shape index (κ2) is 8.59. The molecule has 0 amide bonds. The molecule has 2 aliphatic rings. The topological polar surface area (TPSA) is 34.5 Å². The molecule has 1 atom stereocenters. The molecule has 1 aliphatic heterocycles. The van der Waals surface area contributed by atoms with Crippen molar-refractivity contribution in [2.24, 2.45) is 4.99 Å². The minimum atomic E-state index is -5.13. The summed E-state index contributed by atoms with van der Waals surface area (Å²) in [6.07, 6.45) is 3.33. The highest BCUT2D eigenvalue weighted by atomic mass is 19.4. The average molecular weight is 428 g/mol. The molecule has 2 heterocycles. The predicted octanol–water partition coefficient (Wildman–Crippen LogP) is 6.21. The van der Waals surface area contributed by atoms with Crippen molar-refractivity contribution in [1.82, 2.24) is 4.98 Å². The first-order valence-electron chi connectivity index (χ1n) is 9.92. The first kappa shape index (κ1) is 21.2. The highest BCUT2D eigenvalue weighted by Gasteiger charge is 2.47. The third-order valence-corrected chi connectivity index (χ3v) is 5.18. The molecule has 0 bridgehead atoms. The number of halogens is 4. The van der Waals surface area contributed by atoms with Crippen LogP contribution in [0.2, 0.25) is 0 Å². The third-order valence-electron chi connectivity index (χ3n) is 5.18. The van der Waals surface area contributed by atoms with Gasteiger partial charge in [0.1, 0.15) is 0 Å². The number of hydrogen-bond donors (Lipinski definition) is 0. The Labute approximate surface area is 177 Å². The van der Waals surface area contributed by atoms with E-state index in [1.54, 1.807) is 54.9 Å². The van der Waals surface area contributed by atoms with Crippen molar-refractivity contribution in [3.05, 3.63) is 95.4 Å². The molecule has 1 aliphatic carbocycles. The van der Waals surface area contributed by atoms with Gasteiger partial charge in [0.15, 0.2) is 0 Å². The van der Waals surface area contributed by atoms with Crippen molar-refractivity contribution >= 4 is 11.3 Å². The maximum atomic E-state index is 15.8. The van der Waals surface area contributed by atoms with E-state index in [4.69, 9.17) is 0 Å². The standard InChI is InChI=1S/C24H20F4N2O/c25-23(31-24(26,27)28)15-19(17-6-2-1-3-7-17)10-11-21(23)14-18-8-5-13-30-22(18)20-9-4-12-29-16-20/h1-4,6-7,9-12,14,16H,5,8,13,15H2. The molecule has 0 fully saturated rings. The Morgan fingerprint density at radius 3 is 2.48 bits per heavy atom. The molecule has 0 spiro atoms. The van der Waals surface area contributed by atoms with Gasteiger partial charge in [-0.05, 0) is 47.8 Å². The summed E-state index contributed by atoms with van der Waals surface area (Å²) in [5, 5.41) is 0. The summed E-state index contributed by atoms with van der Waals surface area (Å²) in [5.74, 6) is -3.04. The van der Waals surface area contributed by atoms with Crippen LogP contribution in [0.1, 0.15) is 30.4 Å². The van der Waals surface area contributed by atoms with E-state index in [9.17, 15) is 13.2 Å². The number of alkyl halides is 4. The molecule has 160 valence electrons. The molecule has 0 saturated carbocycles. The quantitative estimate of drug-likeness (QED) is 0.543. The summed E-state index contributed by atoms with van der Waals surface area (Å²) < 4.78 is 59.3. The van der Waals surface area contributed by atoms with Crippen LogP contribution < -0.4 is 0 Å². The molecule has 31 heavy (non-hydrogen) atoms. The van der Waals surface area contributed by atoms with Gasteiger partial charge in [-0.2, -0.15) is 0 Å². The number of hydrogen-bond acceptors (Lipinski definition) is 3. The van der Waals surface area contributed by atoms with E-state index in [0.717, 1.165) is 12.0 Å². The van der Waals surface area contributed by atoms with Gasteiger partial charge >= 0.3 is 6.36 Å². The second-order valence-electron chi connectivity index (χ2n) is 7.38. The summed E-state index contributed by atoms with van der Waals surface area (Å²) in [6, 6.07) is 12.3. The number of aliphatic imine (C=N–C) groups is 1. The van der Waals surface area contributed by atoms with Crippen LogP contribution in [0.15, 0.2) is 89.2 Å². The first-order valence-corrected chi connectivity index (χ1v) is 9.92. The fraction of sp³-hybridized carbons (Fsp3) is 0.250. The van der Waals surface area contributed by atoms with E-state index in [0.29, 0.717) is 35.4 Å². The SMILES string of the molecule is FC(F)(F)OC1(F)CC(c2ccccc2)=CC=C1C=C1CCCN=C1c1cccnc1. The van der Waals surface area contributed by atoms with Crippen LogP contribution in [0.4, 0.5) is 17.6 Å². The van der Waals surface area contributed by atoms with Crippen LogP contribution in [0.3, 0.4) is 0 Å². The minimum Gasteiger partial charge on any atom is -0.284 e. The summed E-state index contributed by atoms with van der Waals surface area (Å²) in [4.78, 5) is 8.59. The van der Waals surface area contributed by atoms with E-state index in [-0.39, 0.29) is 5.57 Å². The molecule has 1 aromatic heterocycles. The molecule has 1 aromatic carbocycles. The summed E-state index contributed by atoms with van der Waals surface area (Å²) in [5.41, 5.74) is 2.92. The Kier molecular flexibility index (Phi) is 5.87. The maximum absolute atomic E-state index is 15.8. The van der Waals surface area contributed by atoms with Crippen molar-refractivity contribution in [1.29, 1.82) is 0 Å². The molecular formula is C24H20F4N2O. The van der Waals surface area contributed by atoms with Crippen LogP contribution in [0.25, 0.3) is 5.57 Å². The molecule has 3 nitrogen and oxygen atoms in total. The Morgan fingerprint density at radius 1 is 1.00 bits per heavy atom. The normalized spacial score (nSPS) is 23.2. The predicted molar refractivity (Wildman–Crippen MR) is 111 cm³/mol. The molecule has 0 radical (unpaired) electrons. The number of ether oxygens (including phenoxy) is 1. The zero-order valence-corrected chi connectivity index (χ0v) is 16.6. The van der Waals surface area contributed by atoms with Gasteiger partial charge in [-0.15, -0.1) is 13.2 Å². The molecule has 0 saturated heterocycles. The van der Waals surface area contributed by atoms with Crippen molar-refractivity contribution in [2.75, 3.05) is 6.54 Å². The highest BCUT2D eigenvalue weighted by molar-refractivity contribution is 6.13. The largest absolute Gasteiger partial charge is 0.525 e. The Morgan fingerprint density at radius 2 is 1.77 bits per heavy atom. The smallest absolute Gasteiger partial charge is 0.284 e. The Bertz CT molecular complexity index is 1060. The van der Waals surface area contributed by atoms with Gasteiger partial charge in [0.25, 0.3) is 0 Å². The number of benzene rings is 1. The van der Waals surface area contributed by atoms with E-state index < -0.39 is 18.6 Å². The first-order chi connectivity index (χ1) is 14.8. The number of rotatable bonds is 4. The lowest BCUT2D eigenvalue weighted by Gasteiger charge is -2.32. The van der Waals surface area contributed by atoms with E-state index in [1.807, 2.05) is 6.07 Å². The molecule has 2 aromatic rings. The van der Waals surface area contributed by atoms with E-state index in [1.165, 1.54) is 12.2 Å². The van der Waals surface area contributed by atoms with Gasteiger partial charge in [0.2, 0.25) is 5.85 Å². The van der Waals surface area contributed by atoms with Crippen LogP contribution in [0, 0.1) is 0 Å². The monoisotopic (exact) mass is 428 g/mol. The van der Waals surface area contributed by atoms with Gasteiger partial charge in [-0.25, -0.2) is 9.13 Å². The van der Waals surface area contributed by atoms with E-state index in [2.05, 4.69) is 14.7 Å². The minimum absolute atomic E-state index is 0.182. The van der Waals surface area contributed by atoms with Gasteiger partial charge in [-0.1, -0.05) is 42.5 Å². The third kappa shape index (κ3) is 4.99.